The fraction of sp³-hybridized carbons (Fsp3) is 0.533. The van der Waals surface area contributed by atoms with E-state index in [1.165, 1.54) is 18.4 Å². The van der Waals surface area contributed by atoms with Gasteiger partial charge in [-0.25, -0.2) is 0 Å². The summed E-state index contributed by atoms with van der Waals surface area (Å²) in [7, 11) is 0. The van der Waals surface area contributed by atoms with Gasteiger partial charge in [0.2, 0.25) is 5.91 Å². The van der Waals surface area contributed by atoms with Crippen LogP contribution in [0.25, 0.3) is 0 Å². The number of anilines is 1. The Morgan fingerprint density at radius 3 is 2.83 bits per heavy atom. The molecule has 98 valence electrons. The van der Waals surface area contributed by atoms with Crippen LogP contribution in [0, 0.1) is 5.92 Å². The normalized spacial score (nSPS) is 15.8. The number of carbonyl (C=O) groups is 1. The van der Waals surface area contributed by atoms with E-state index in [4.69, 9.17) is 5.73 Å². The largest absolute Gasteiger partial charge is 0.330 e. The van der Waals surface area contributed by atoms with E-state index in [1.807, 2.05) is 12.1 Å². The molecular formula is C15H22N2O. The summed E-state index contributed by atoms with van der Waals surface area (Å²) in [5.41, 5.74) is 7.67. The van der Waals surface area contributed by atoms with Crippen molar-refractivity contribution < 1.29 is 4.79 Å². The second-order valence-electron chi connectivity index (χ2n) is 5.06. The number of nitrogens with one attached hydrogen (secondary N) is 1. The topological polar surface area (TPSA) is 55.1 Å². The molecule has 2 rings (SSSR count). The van der Waals surface area contributed by atoms with E-state index in [9.17, 15) is 4.79 Å². The minimum absolute atomic E-state index is 0.184. The molecule has 0 unspecified atom stereocenters. The highest BCUT2D eigenvalue weighted by atomic mass is 16.1. The molecule has 1 aromatic carbocycles. The number of amides is 1. The van der Waals surface area contributed by atoms with E-state index in [0.717, 1.165) is 31.4 Å². The number of nitrogens with two attached hydrogens (primary N) is 1. The van der Waals surface area contributed by atoms with Gasteiger partial charge in [-0.1, -0.05) is 25.0 Å². The van der Waals surface area contributed by atoms with Crippen LogP contribution < -0.4 is 11.1 Å². The molecule has 3 nitrogen and oxygen atoms in total. The molecular weight excluding hydrogens is 224 g/mol. The van der Waals surface area contributed by atoms with Crippen molar-refractivity contribution in [1.29, 1.82) is 0 Å². The van der Waals surface area contributed by atoms with Crippen LogP contribution in [0.4, 0.5) is 5.69 Å². The summed E-state index contributed by atoms with van der Waals surface area (Å²) in [4.78, 5) is 12.0. The summed E-state index contributed by atoms with van der Waals surface area (Å²) < 4.78 is 0. The highest BCUT2D eigenvalue weighted by Crippen LogP contribution is 2.26. The molecule has 3 heteroatoms. The van der Waals surface area contributed by atoms with Crippen LogP contribution in [0.2, 0.25) is 0 Å². The third kappa shape index (κ3) is 3.57. The van der Waals surface area contributed by atoms with E-state index in [0.29, 0.717) is 6.54 Å². The molecule has 1 aromatic rings. The molecule has 1 amide bonds. The second kappa shape index (κ2) is 6.55. The van der Waals surface area contributed by atoms with Gasteiger partial charge in [0.25, 0.3) is 0 Å². The Morgan fingerprint density at radius 2 is 2.11 bits per heavy atom. The van der Waals surface area contributed by atoms with Crippen molar-refractivity contribution in [1.82, 2.24) is 0 Å². The van der Waals surface area contributed by atoms with Crippen molar-refractivity contribution in [2.24, 2.45) is 11.7 Å². The quantitative estimate of drug-likeness (QED) is 0.839. The Labute approximate surface area is 109 Å². The van der Waals surface area contributed by atoms with Gasteiger partial charge in [0, 0.05) is 11.6 Å². The molecule has 3 N–H and O–H groups in total. The number of rotatable bonds is 5. The standard InChI is InChI=1S/C15H22N2O/c16-10-4-6-12-5-3-9-14(11-12)17-15(18)13-7-1-2-8-13/h3,5,9,11,13H,1-2,4,6-8,10,16H2,(H,17,18). The summed E-state index contributed by atoms with van der Waals surface area (Å²) in [6.07, 6.45) is 6.42. The molecule has 1 aliphatic rings. The van der Waals surface area contributed by atoms with Gasteiger partial charge < -0.3 is 11.1 Å². The molecule has 0 radical (unpaired) electrons. The van der Waals surface area contributed by atoms with Gasteiger partial charge in [-0.15, -0.1) is 0 Å². The molecule has 0 spiro atoms. The van der Waals surface area contributed by atoms with Crippen molar-refractivity contribution in [3.63, 3.8) is 0 Å². The highest BCUT2D eigenvalue weighted by Gasteiger charge is 2.22. The number of hydrogen-bond acceptors (Lipinski definition) is 2. The van der Waals surface area contributed by atoms with Crippen molar-refractivity contribution in [2.45, 2.75) is 38.5 Å². The van der Waals surface area contributed by atoms with Crippen LogP contribution in [0.3, 0.4) is 0 Å². The summed E-state index contributed by atoms with van der Waals surface area (Å²) in [5.74, 6) is 0.404. The van der Waals surface area contributed by atoms with E-state index in [-0.39, 0.29) is 11.8 Å². The Kier molecular flexibility index (Phi) is 4.76. The molecule has 1 aliphatic carbocycles. The van der Waals surface area contributed by atoms with E-state index in [1.54, 1.807) is 0 Å². The van der Waals surface area contributed by atoms with Gasteiger partial charge in [0.05, 0.1) is 0 Å². The lowest BCUT2D eigenvalue weighted by molar-refractivity contribution is -0.119. The van der Waals surface area contributed by atoms with Gasteiger partial charge >= 0.3 is 0 Å². The minimum Gasteiger partial charge on any atom is -0.330 e. The maximum absolute atomic E-state index is 12.0. The summed E-state index contributed by atoms with van der Waals surface area (Å²) >= 11 is 0. The van der Waals surface area contributed by atoms with E-state index >= 15 is 0 Å². The Bertz CT molecular complexity index is 397. The number of benzene rings is 1. The predicted octanol–water partition coefficient (Wildman–Crippen LogP) is 2.71. The van der Waals surface area contributed by atoms with Crippen LogP contribution in [-0.2, 0) is 11.2 Å². The molecule has 0 aromatic heterocycles. The van der Waals surface area contributed by atoms with Crippen LogP contribution in [0.5, 0.6) is 0 Å². The van der Waals surface area contributed by atoms with Gasteiger partial charge in [0.15, 0.2) is 0 Å². The molecule has 0 saturated heterocycles. The third-order valence-electron chi connectivity index (χ3n) is 3.59. The monoisotopic (exact) mass is 246 g/mol. The molecule has 0 aliphatic heterocycles. The van der Waals surface area contributed by atoms with Crippen molar-refractivity contribution >= 4 is 11.6 Å². The molecule has 0 heterocycles. The van der Waals surface area contributed by atoms with Crippen LogP contribution in [0.15, 0.2) is 24.3 Å². The zero-order valence-corrected chi connectivity index (χ0v) is 10.8. The van der Waals surface area contributed by atoms with Crippen molar-refractivity contribution in [3.05, 3.63) is 29.8 Å². The first-order valence-electron chi connectivity index (χ1n) is 6.89. The van der Waals surface area contributed by atoms with Gasteiger partial charge in [-0.3, -0.25) is 4.79 Å². The van der Waals surface area contributed by atoms with E-state index in [2.05, 4.69) is 17.4 Å². The molecule has 18 heavy (non-hydrogen) atoms. The Hall–Kier alpha value is -1.35. The molecule has 0 bridgehead atoms. The molecule has 1 saturated carbocycles. The number of aryl methyl sites for hydroxylation is 1. The molecule has 1 fully saturated rings. The van der Waals surface area contributed by atoms with Crippen molar-refractivity contribution in [3.8, 4) is 0 Å². The average molecular weight is 246 g/mol. The lowest BCUT2D eigenvalue weighted by Gasteiger charge is -2.11. The Balaban J connectivity index is 1.93. The van der Waals surface area contributed by atoms with Gasteiger partial charge in [0.1, 0.15) is 0 Å². The van der Waals surface area contributed by atoms with Crippen LogP contribution in [-0.4, -0.2) is 12.5 Å². The van der Waals surface area contributed by atoms with Gasteiger partial charge in [-0.2, -0.15) is 0 Å². The van der Waals surface area contributed by atoms with Crippen LogP contribution >= 0.6 is 0 Å². The zero-order valence-electron chi connectivity index (χ0n) is 10.8. The number of carbonyl (C=O) groups excluding carboxylic acids is 1. The lowest BCUT2D eigenvalue weighted by Crippen LogP contribution is -2.20. The van der Waals surface area contributed by atoms with Gasteiger partial charge in [-0.05, 0) is 49.9 Å². The second-order valence-corrected chi connectivity index (χ2v) is 5.06. The molecule has 0 atom stereocenters. The SMILES string of the molecule is NCCCc1cccc(NC(=O)C2CCCC2)c1. The first kappa shape index (κ1) is 13.1. The average Bonchev–Trinajstić information content (AvgIpc) is 2.91. The predicted molar refractivity (Wildman–Crippen MR) is 74.4 cm³/mol. The summed E-state index contributed by atoms with van der Waals surface area (Å²) in [5, 5.41) is 3.03. The van der Waals surface area contributed by atoms with E-state index < -0.39 is 0 Å². The highest BCUT2D eigenvalue weighted by molar-refractivity contribution is 5.92. The maximum atomic E-state index is 12.0. The number of hydrogen-bond donors (Lipinski definition) is 2. The van der Waals surface area contributed by atoms with Crippen LogP contribution in [0.1, 0.15) is 37.7 Å². The maximum Gasteiger partial charge on any atom is 0.227 e. The first-order valence-corrected chi connectivity index (χ1v) is 6.89. The fourth-order valence-electron chi connectivity index (χ4n) is 2.54. The van der Waals surface area contributed by atoms with Crippen molar-refractivity contribution in [2.75, 3.05) is 11.9 Å². The fourth-order valence-corrected chi connectivity index (χ4v) is 2.54. The first-order chi connectivity index (χ1) is 8.79. The lowest BCUT2D eigenvalue weighted by atomic mass is 10.1. The summed E-state index contributed by atoms with van der Waals surface area (Å²) in [6, 6.07) is 8.10. The summed E-state index contributed by atoms with van der Waals surface area (Å²) in [6.45, 7) is 0.707. The third-order valence-corrected chi connectivity index (χ3v) is 3.59. The Morgan fingerprint density at radius 1 is 1.33 bits per heavy atom. The minimum atomic E-state index is 0.184. The zero-order chi connectivity index (χ0) is 12.8. The smallest absolute Gasteiger partial charge is 0.227 e.